The van der Waals surface area contributed by atoms with Crippen molar-refractivity contribution in [3.05, 3.63) is 18.2 Å². The molecule has 0 fully saturated rings. The molecule has 1 aromatic heterocycles. The van der Waals surface area contributed by atoms with Crippen LogP contribution in [0.3, 0.4) is 0 Å². The summed E-state index contributed by atoms with van der Waals surface area (Å²) < 4.78 is 35.0. The average molecular weight is 329 g/mol. The molecule has 0 aliphatic heterocycles. The summed E-state index contributed by atoms with van der Waals surface area (Å²) in [4.78, 5) is 0.130. The van der Waals surface area contributed by atoms with E-state index in [1.165, 1.54) is 6.07 Å². The number of sulfonamides is 1. The minimum atomic E-state index is -3.62. The number of rotatable bonds is 7. The monoisotopic (exact) mass is 329 g/mol. The van der Waals surface area contributed by atoms with E-state index in [-0.39, 0.29) is 17.3 Å². The maximum atomic E-state index is 12.2. The average Bonchev–Trinajstić information content (AvgIpc) is 2.94. The van der Waals surface area contributed by atoms with Crippen LogP contribution in [-0.2, 0) is 10.0 Å². The summed E-state index contributed by atoms with van der Waals surface area (Å²) in [6.45, 7) is 0.273. The standard InChI is InChI=1S/C11H15N5O3S2/c12-10(14-17)6-1-2-7-13-21(18,19)9-5-3-4-8-11(9)16-20-15-8/h3-5,13,17H,1-2,6-7H2,(H2,12,14). The zero-order valence-electron chi connectivity index (χ0n) is 11.1. The van der Waals surface area contributed by atoms with Gasteiger partial charge in [-0.25, -0.2) is 13.1 Å². The Balaban J connectivity index is 1.98. The second kappa shape index (κ2) is 6.78. The number of benzene rings is 1. The van der Waals surface area contributed by atoms with Gasteiger partial charge < -0.3 is 10.9 Å². The van der Waals surface area contributed by atoms with Crippen molar-refractivity contribution in [1.82, 2.24) is 13.5 Å². The molecule has 0 spiro atoms. The van der Waals surface area contributed by atoms with Crippen LogP contribution < -0.4 is 10.5 Å². The smallest absolute Gasteiger partial charge is 0.242 e. The number of hydrogen-bond donors (Lipinski definition) is 3. The van der Waals surface area contributed by atoms with Crippen molar-refractivity contribution in [2.24, 2.45) is 10.9 Å². The first kappa shape index (κ1) is 15.6. The Hall–Kier alpha value is -1.78. The van der Waals surface area contributed by atoms with Gasteiger partial charge in [0.25, 0.3) is 0 Å². The molecule has 21 heavy (non-hydrogen) atoms. The number of oxime groups is 1. The molecule has 8 nitrogen and oxygen atoms in total. The van der Waals surface area contributed by atoms with Crippen molar-refractivity contribution in [3.63, 3.8) is 0 Å². The molecule has 0 amide bonds. The van der Waals surface area contributed by atoms with E-state index in [1.54, 1.807) is 12.1 Å². The van der Waals surface area contributed by atoms with Gasteiger partial charge in [-0.05, 0) is 25.0 Å². The van der Waals surface area contributed by atoms with Gasteiger partial charge in [-0.3, -0.25) is 0 Å². The van der Waals surface area contributed by atoms with Crippen LogP contribution in [0.2, 0.25) is 0 Å². The summed E-state index contributed by atoms with van der Waals surface area (Å²) in [6.07, 6.45) is 1.63. The van der Waals surface area contributed by atoms with Gasteiger partial charge in [0.2, 0.25) is 10.0 Å². The van der Waals surface area contributed by atoms with Gasteiger partial charge in [0.1, 0.15) is 21.8 Å². The van der Waals surface area contributed by atoms with Gasteiger partial charge in [-0.1, -0.05) is 11.2 Å². The fourth-order valence-electron chi connectivity index (χ4n) is 1.76. The van der Waals surface area contributed by atoms with Crippen LogP contribution in [-0.4, -0.2) is 34.8 Å². The third kappa shape index (κ3) is 3.86. The molecule has 0 atom stereocenters. The van der Waals surface area contributed by atoms with Gasteiger partial charge in [0.05, 0.1) is 11.7 Å². The second-order valence-corrected chi connectivity index (χ2v) is 6.60. The largest absolute Gasteiger partial charge is 0.409 e. The molecule has 0 radical (unpaired) electrons. The Morgan fingerprint density at radius 1 is 1.38 bits per heavy atom. The van der Waals surface area contributed by atoms with Crippen molar-refractivity contribution < 1.29 is 13.6 Å². The van der Waals surface area contributed by atoms with Gasteiger partial charge in [0.15, 0.2) is 0 Å². The maximum Gasteiger partial charge on any atom is 0.242 e. The van der Waals surface area contributed by atoms with Crippen LogP contribution in [0, 0.1) is 0 Å². The molecule has 0 saturated carbocycles. The van der Waals surface area contributed by atoms with E-state index < -0.39 is 10.0 Å². The Morgan fingerprint density at radius 2 is 2.19 bits per heavy atom. The molecular weight excluding hydrogens is 314 g/mol. The van der Waals surface area contributed by atoms with Gasteiger partial charge in [-0.2, -0.15) is 8.75 Å². The number of nitrogens with one attached hydrogen (secondary N) is 1. The van der Waals surface area contributed by atoms with E-state index in [0.717, 1.165) is 11.7 Å². The Kier molecular flexibility index (Phi) is 5.04. The fraction of sp³-hybridized carbons (Fsp3) is 0.364. The van der Waals surface area contributed by atoms with Crippen molar-refractivity contribution in [1.29, 1.82) is 0 Å². The molecule has 0 aliphatic carbocycles. The highest BCUT2D eigenvalue weighted by atomic mass is 32.2. The lowest BCUT2D eigenvalue weighted by molar-refractivity contribution is 0.316. The normalized spacial score (nSPS) is 12.9. The number of nitrogens with two attached hydrogens (primary N) is 1. The zero-order chi connectivity index (χ0) is 15.3. The molecule has 4 N–H and O–H groups in total. The molecular formula is C11H15N5O3S2. The molecule has 1 heterocycles. The lowest BCUT2D eigenvalue weighted by Crippen LogP contribution is -2.25. The fourth-order valence-corrected chi connectivity index (χ4v) is 3.60. The summed E-state index contributed by atoms with van der Waals surface area (Å²) in [5, 5.41) is 11.2. The van der Waals surface area contributed by atoms with E-state index >= 15 is 0 Å². The predicted molar refractivity (Wildman–Crippen MR) is 79.9 cm³/mol. The molecule has 10 heteroatoms. The van der Waals surface area contributed by atoms with Crippen LogP contribution >= 0.6 is 11.7 Å². The molecule has 0 saturated heterocycles. The lowest BCUT2D eigenvalue weighted by Gasteiger charge is -2.06. The highest BCUT2D eigenvalue weighted by Gasteiger charge is 2.18. The molecule has 2 aromatic rings. The highest BCUT2D eigenvalue weighted by Crippen LogP contribution is 2.20. The van der Waals surface area contributed by atoms with E-state index in [1.807, 2.05) is 0 Å². The van der Waals surface area contributed by atoms with Crippen molar-refractivity contribution in [2.45, 2.75) is 24.2 Å². The van der Waals surface area contributed by atoms with Crippen LogP contribution in [0.25, 0.3) is 11.0 Å². The topological polar surface area (TPSA) is 131 Å². The summed E-state index contributed by atoms with van der Waals surface area (Å²) in [7, 11) is -3.62. The van der Waals surface area contributed by atoms with Crippen molar-refractivity contribution in [3.8, 4) is 0 Å². The number of nitrogens with zero attached hydrogens (tertiary/aromatic N) is 3. The third-order valence-corrected chi connectivity index (χ3v) is 4.85. The second-order valence-electron chi connectivity index (χ2n) is 4.33. The van der Waals surface area contributed by atoms with Crippen LogP contribution in [0.1, 0.15) is 19.3 Å². The summed E-state index contributed by atoms with van der Waals surface area (Å²) in [5.74, 6) is 0.135. The van der Waals surface area contributed by atoms with Crippen LogP contribution in [0.5, 0.6) is 0 Å². The minimum Gasteiger partial charge on any atom is -0.409 e. The summed E-state index contributed by atoms with van der Waals surface area (Å²) >= 11 is 0.978. The third-order valence-electron chi connectivity index (χ3n) is 2.82. The first-order chi connectivity index (χ1) is 10.0. The Bertz CT molecular complexity index is 741. The van der Waals surface area contributed by atoms with Gasteiger partial charge in [-0.15, -0.1) is 0 Å². The SMILES string of the molecule is NC(CCCCNS(=O)(=O)c1cccc2nsnc12)=NO. The summed E-state index contributed by atoms with van der Waals surface area (Å²) in [6, 6.07) is 4.86. The lowest BCUT2D eigenvalue weighted by atomic mass is 10.2. The van der Waals surface area contributed by atoms with Crippen LogP contribution in [0.4, 0.5) is 0 Å². The number of amidine groups is 1. The van der Waals surface area contributed by atoms with Gasteiger partial charge >= 0.3 is 0 Å². The zero-order valence-corrected chi connectivity index (χ0v) is 12.7. The molecule has 114 valence electrons. The number of hydrogen-bond acceptors (Lipinski definition) is 7. The van der Waals surface area contributed by atoms with E-state index in [0.29, 0.717) is 30.3 Å². The number of aromatic nitrogens is 2. The molecule has 0 aliphatic rings. The summed E-state index contributed by atoms with van der Waals surface area (Å²) in [5.41, 5.74) is 6.28. The van der Waals surface area contributed by atoms with E-state index in [9.17, 15) is 8.42 Å². The first-order valence-corrected chi connectivity index (χ1v) is 8.43. The maximum absolute atomic E-state index is 12.2. The van der Waals surface area contributed by atoms with Crippen LogP contribution in [0.15, 0.2) is 28.3 Å². The minimum absolute atomic E-state index is 0.130. The molecule has 2 rings (SSSR count). The van der Waals surface area contributed by atoms with E-state index in [2.05, 4.69) is 18.6 Å². The molecule has 1 aromatic carbocycles. The van der Waals surface area contributed by atoms with E-state index in [4.69, 9.17) is 10.9 Å². The van der Waals surface area contributed by atoms with Crippen molar-refractivity contribution >= 4 is 38.6 Å². The molecule has 0 bridgehead atoms. The number of fused-ring (bicyclic) bond motifs is 1. The van der Waals surface area contributed by atoms with Crippen molar-refractivity contribution in [2.75, 3.05) is 6.54 Å². The number of unbranched alkanes of at least 4 members (excludes halogenated alkanes) is 1. The first-order valence-electron chi connectivity index (χ1n) is 6.22. The quantitative estimate of drug-likeness (QED) is 0.227. The molecule has 0 unspecified atom stereocenters. The Morgan fingerprint density at radius 3 is 2.95 bits per heavy atom. The highest BCUT2D eigenvalue weighted by molar-refractivity contribution is 7.89. The predicted octanol–water partition coefficient (Wildman–Crippen LogP) is 0.886. The Labute approximate surface area is 126 Å². The van der Waals surface area contributed by atoms with Gasteiger partial charge in [0, 0.05) is 13.0 Å².